The number of aromatic amines is 1. The Labute approximate surface area is 110 Å². The fourth-order valence-electron chi connectivity index (χ4n) is 1.84. The topological polar surface area (TPSA) is 115 Å². The molecule has 0 fully saturated rings. The molecule has 1 atom stereocenters. The number of aromatic nitrogens is 5. The molecule has 19 heavy (non-hydrogen) atoms. The Morgan fingerprint density at radius 3 is 3.05 bits per heavy atom. The lowest BCUT2D eigenvalue weighted by Gasteiger charge is -2.11. The summed E-state index contributed by atoms with van der Waals surface area (Å²) in [5.74, 6) is 0.234. The molecule has 0 aromatic carbocycles. The third kappa shape index (κ3) is 2.90. The zero-order chi connectivity index (χ0) is 13.8. The number of amides is 1. The molecule has 0 saturated carbocycles. The van der Waals surface area contributed by atoms with Crippen molar-refractivity contribution in [2.45, 2.75) is 32.9 Å². The van der Waals surface area contributed by atoms with E-state index in [1.807, 2.05) is 11.5 Å². The van der Waals surface area contributed by atoms with Gasteiger partial charge in [-0.3, -0.25) is 4.79 Å². The molecule has 8 heteroatoms. The van der Waals surface area contributed by atoms with Gasteiger partial charge in [-0.05, 0) is 19.4 Å². The molecule has 4 N–H and O–H groups in total. The van der Waals surface area contributed by atoms with Gasteiger partial charge in [0.1, 0.15) is 5.69 Å². The Balaban J connectivity index is 2.11. The van der Waals surface area contributed by atoms with Crippen molar-refractivity contribution in [2.24, 2.45) is 0 Å². The number of carbonyl (C=O) groups excluding carboxylic acids is 1. The van der Waals surface area contributed by atoms with Crippen LogP contribution >= 0.6 is 0 Å². The molecule has 1 amide bonds. The summed E-state index contributed by atoms with van der Waals surface area (Å²) in [6.07, 6.45) is 2.69. The highest BCUT2D eigenvalue weighted by Gasteiger charge is 2.17. The second-order valence-electron chi connectivity index (χ2n) is 4.32. The Hall–Kier alpha value is -2.38. The second-order valence-corrected chi connectivity index (χ2v) is 4.32. The molecule has 2 aromatic heterocycles. The average Bonchev–Trinajstić information content (AvgIpc) is 2.99. The first-order valence-corrected chi connectivity index (χ1v) is 6.11. The average molecular weight is 263 g/mol. The van der Waals surface area contributed by atoms with Crippen molar-refractivity contribution in [2.75, 3.05) is 5.73 Å². The van der Waals surface area contributed by atoms with Crippen LogP contribution in [-0.2, 0) is 6.54 Å². The van der Waals surface area contributed by atoms with Crippen LogP contribution in [0.15, 0.2) is 12.3 Å². The van der Waals surface area contributed by atoms with Gasteiger partial charge in [0.05, 0.1) is 11.7 Å². The van der Waals surface area contributed by atoms with Crippen LogP contribution in [0.25, 0.3) is 0 Å². The number of rotatable bonds is 5. The van der Waals surface area contributed by atoms with Gasteiger partial charge in [-0.15, -0.1) is 10.2 Å². The molecule has 2 aromatic rings. The highest BCUT2D eigenvalue weighted by atomic mass is 16.2. The van der Waals surface area contributed by atoms with E-state index < -0.39 is 0 Å². The third-order valence-electron chi connectivity index (χ3n) is 2.71. The maximum atomic E-state index is 12.2. The summed E-state index contributed by atoms with van der Waals surface area (Å²) in [5.41, 5.74) is 6.84. The quantitative estimate of drug-likeness (QED) is 0.726. The summed E-state index contributed by atoms with van der Waals surface area (Å²) in [4.78, 5) is 12.2. The highest BCUT2D eigenvalue weighted by molar-refractivity contribution is 5.94. The molecule has 0 radical (unpaired) electrons. The smallest absolute Gasteiger partial charge is 0.268 e. The summed E-state index contributed by atoms with van der Waals surface area (Å²) in [5, 5.41) is 16.3. The zero-order valence-corrected chi connectivity index (χ0v) is 10.9. The molecular formula is C11H17N7O. The van der Waals surface area contributed by atoms with E-state index in [4.69, 9.17) is 5.73 Å². The summed E-state index contributed by atoms with van der Waals surface area (Å²) < 4.78 is 1.84. The van der Waals surface area contributed by atoms with Gasteiger partial charge in [-0.2, -0.15) is 5.21 Å². The number of tetrazole rings is 1. The molecule has 1 unspecified atom stereocenters. The first kappa shape index (κ1) is 13.1. The Bertz CT molecular complexity index is 545. The van der Waals surface area contributed by atoms with Crippen molar-refractivity contribution in [1.29, 1.82) is 0 Å². The summed E-state index contributed by atoms with van der Waals surface area (Å²) in [7, 11) is 0. The van der Waals surface area contributed by atoms with Crippen molar-refractivity contribution >= 4 is 11.6 Å². The summed E-state index contributed by atoms with van der Waals surface area (Å²) >= 11 is 0. The van der Waals surface area contributed by atoms with E-state index in [2.05, 4.69) is 25.9 Å². The van der Waals surface area contributed by atoms with E-state index in [0.717, 1.165) is 13.0 Å². The van der Waals surface area contributed by atoms with E-state index in [0.29, 0.717) is 17.2 Å². The minimum absolute atomic E-state index is 0.206. The maximum absolute atomic E-state index is 12.2. The van der Waals surface area contributed by atoms with Gasteiger partial charge >= 0.3 is 0 Å². The number of nitrogens with zero attached hydrogens (tertiary/aromatic N) is 4. The predicted octanol–water partition coefficient (Wildman–Crippen LogP) is 0.484. The second kappa shape index (κ2) is 5.51. The Morgan fingerprint density at radius 2 is 2.42 bits per heavy atom. The number of aryl methyl sites for hydroxylation is 1. The van der Waals surface area contributed by atoms with E-state index in [1.54, 1.807) is 19.2 Å². The van der Waals surface area contributed by atoms with E-state index >= 15 is 0 Å². The molecule has 0 aliphatic heterocycles. The molecule has 0 spiro atoms. The normalized spacial score (nSPS) is 12.3. The predicted molar refractivity (Wildman–Crippen MR) is 69.2 cm³/mol. The van der Waals surface area contributed by atoms with Crippen molar-refractivity contribution in [3.05, 3.63) is 23.8 Å². The SMILES string of the molecule is CCCn1cc(N)cc1C(=O)NC(C)c1nn[nH]n1. The number of hydrogen-bond donors (Lipinski definition) is 3. The molecule has 0 bridgehead atoms. The van der Waals surface area contributed by atoms with Crippen LogP contribution in [0.1, 0.15) is 42.6 Å². The number of nitrogens with one attached hydrogen (secondary N) is 2. The molecule has 2 heterocycles. The number of anilines is 1. The lowest BCUT2D eigenvalue weighted by Crippen LogP contribution is -2.29. The first-order valence-electron chi connectivity index (χ1n) is 6.11. The number of carbonyl (C=O) groups is 1. The lowest BCUT2D eigenvalue weighted by atomic mass is 10.3. The van der Waals surface area contributed by atoms with Crippen LogP contribution in [0.4, 0.5) is 5.69 Å². The number of nitrogen functional groups attached to an aromatic ring is 1. The molecular weight excluding hydrogens is 246 g/mol. The summed E-state index contributed by atoms with van der Waals surface area (Å²) in [6.45, 7) is 4.58. The first-order chi connectivity index (χ1) is 9.11. The van der Waals surface area contributed by atoms with Crippen LogP contribution in [0.5, 0.6) is 0 Å². The van der Waals surface area contributed by atoms with Gasteiger partial charge < -0.3 is 15.6 Å². The number of H-pyrrole nitrogens is 1. The Morgan fingerprint density at radius 1 is 1.63 bits per heavy atom. The van der Waals surface area contributed by atoms with Crippen molar-refractivity contribution in [3.63, 3.8) is 0 Å². The van der Waals surface area contributed by atoms with Crippen LogP contribution in [0, 0.1) is 0 Å². The Kier molecular flexibility index (Phi) is 3.79. The van der Waals surface area contributed by atoms with E-state index in [1.165, 1.54) is 0 Å². The molecule has 0 aliphatic carbocycles. The van der Waals surface area contributed by atoms with Crippen molar-refractivity contribution < 1.29 is 4.79 Å². The van der Waals surface area contributed by atoms with Crippen molar-refractivity contribution in [1.82, 2.24) is 30.5 Å². The number of nitrogens with two attached hydrogens (primary N) is 1. The highest BCUT2D eigenvalue weighted by Crippen LogP contribution is 2.13. The standard InChI is InChI=1S/C11H17N7O/c1-3-4-18-6-8(12)5-9(18)11(19)13-7(2)10-14-16-17-15-10/h5-7H,3-4,12H2,1-2H3,(H,13,19)(H,14,15,16,17). The third-order valence-corrected chi connectivity index (χ3v) is 2.71. The fraction of sp³-hybridized carbons (Fsp3) is 0.455. The van der Waals surface area contributed by atoms with Crippen LogP contribution in [-0.4, -0.2) is 31.1 Å². The van der Waals surface area contributed by atoms with E-state index in [-0.39, 0.29) is 11.9 Å². The van der Waals surface area contributed by atoms with E-state index in [9.17, 15) is 4.79 Å². The van der Waals surface area contributed by atoms with Crippen LogP contribution < -0.4 is 11.1 Å². The van der Waals surface area contributed by atoms with Gasteiger partial charge in [0, 0.05) is 12.7 Å². The molecule has 0 aliphatic rings. The van der Waals surface area contributed by atoms with Crippen LogP contribution in [0.3, 0.4) is 0 Å². The molecule has 8 nitrogen and oxygen atoms in total. The van der Waals surface area contributed by atoms with Crippen molar-refractivity contribution in [3.8, 4) is 0 Å². The fourth-order valence-corrected chi connectivity index (χ4v) is 1.84. The zero-order valence-electron chi connectivity index (χ0n) is 10.9. The minimum Gasteiger partial charge on any atom is -0.397 e. The summed E-state index contributed by atoms with van der Waals surface area (Å²) in [6, 6.07) is 1.34. The lowest BCUT2D eigenvalue weighted by molar-refractivity contribution is 0.0929. The largest absolute Gasteiger partial charge is 0.397 e. The minimum atomic E-state index is -0.322. The van der Waals surface area contributed by atoms with Crippen LogP contribution in [0.2, 0.25) is 0 Å². The van der Waals surface area contributed by atoms with Gasteiger partial charge in [0.2, 0.25) is 0 Å². The van der Waals surface area contributed by atoms with Gasteiger partial charge in [-0.1, -0.05) is 12.1 Å². The van der Waals surface area contributed by atoms with Gasteiger partial charge in [-0.25, -0.2) is 0 Å². The van der Waals surface area contributed by atoms with Gasteiger partial charge in [0.15, 0.2) is 5.82 Å². The molecule has 2 rings (SSSR count). The molecule has 0 saturated heterocycles. The monoisotopic (exact) mass is 263 g/mol. The number of hydrogen-bond acceptors (Lipinski definition) is 5. The van der Waals surface area contributed by atoms with Gasteiger partial charge in [0.25, 0.3) is 5.91 Å². The molecule has 102 valence electrons. The maximum Gasteiger partial charge on any atom is 0.268 e.